The van der Waals surface area contributed by atoms with E-state index in [0.717, 1.165) is 0 Å². The van der Waals surface area contributed by atoms with Crippen LogP contribution in [0.1, 0.15) is 13.3 Å². The first-order valence-electron chi connectivity index (χ1n) is 6.26. The highest BCUT2D eigenvalue weighted by Gasteiger charge is 2.38. The lowest BCUT2D eigenvalue weighted by molar-refractivity contribution is -0.142. The summed E-state index contributed by atoms with van der Waals surface area (Å²) in [6, 6.07) is 2.46. The molecule has 1 saturated heterocycles. The molecule has 2 amide bonds. The van der Waals surface area contributed by atoms with Crippen molar-refractivity contribution >= 4 is 56.8 Å². The van der Waals surface area contributed by atoms with E-state index in [-0.39, 0.29) is 6.04 Å². The summed E-state index contributed by atoms with van der Waals surface area (Å²) in [5, 5.41) is 12.4. The number of hydrogen-bond donors (Lipinski definition) is 2. The highest BCUT2D eigenvalue weighted by Crippen LogP contribution is 2.34. The molecular formula is C13H13BrCl2N2O3. The van der Waals surface area contributed by atoms with Crippen LogP contribution >= 0.6 is 39.1 Å². The summed E-state index contributed by atoms with van der Waals surface area (Å²) < 4.78 is 0.705. The number of anilines is 1. The van der Waals surface area contributed by atoms with Crippen molar-refractivity contribution in [1.29, 1.82) is 0 Å². The molecule has 0 radical (unpaired) electrons. The third kappa shape index (κ3) is 3.44. The van der Waals surface area contributed by atoms with Gasteiger partial charge in [0.15, 0.2) is 0 Å². The molecule has 0 spiro atoms. The second-order valence-corrected chi connectivity index (χ2v) is 6.57. The van der Waals surface area contributed by atoms with Crippen LogP contribution in [0.4, 0.5) is 10.5 Å². The largest absolute Gasteiger partial charge is 0.481 e. The first-order valence-corrected chi connectivity index (χ1v) is 7.81. The number of rotatable bonds is 2. The molecule has 21 heavy (non-hydrogen) atoms. The topological polar surface area (TPSA) is 69.6 Å². The van der Waals surface area contributed by atoms with Crippen molar-refractivity contribution in [3.05, 3.63) is 26.7 Å². The summed E-state index contributed by atoms with van der Waals surface area (Å²) in [4.78, 5) is 24.8. The molecular weight excluding hydrogens is 383 g/mol. The molecule has 1 aliphatic heterocycles. The van der Waals surface area contributed by atoms with Crippen molar-refractivity contribution in [3.63, 3.8) is 0 Å². The maximum atomic E-state index is 12.3. The van der Waals surface area contributed by atoms with Gasteiger partial charge in [-0.05, 0) is 25.5 Å². The van der Waals surface area contributed by atoms with Gasteiger partial charge in [-0.25, -0.2) is 4.79 Å². The van der Waals surface area contributed by atoms with Crippen LogP contribution in [0.2, 0.25) is 10.0 Å². The Balaban J connectivity index is 2.15. The molecule has 1 aliphatic rings. The van der Waals surface area contributed by atoms with Crippen molar-refractivity contribution in [2.75, 3.05) is 11.9 Å². The summed E-state index contributed by atoms with van der Waals surface area (Å²) in [6.45, 7) is 2.10. The molecule has 0 saturated carbocycles. The molecule has 1 aromatic carbocycles. The minimum atomic E-state index is -0.891. The third-order valence-electron chi connectivity index (χ3n) is 3.57. The Morgan fingerprint density at radius 2 is 1.95 bits per heavy atom. The van der Waals surface area contributed by atoms with Gasteiger partial charge in [0.05, 0.1) is 21.7 Å². The molecule has 0 bridgehead atoms. The number of urea groups is 1. The quantitative estimate of drug-likeness (QED) is 0.792. The van der Waals surface area contributed by atoms with Gasteiger partial charge in [0.25, 0.3) is 0 Å². The van der Waals surface area contributed by atoms with Crippen LogP contribution in [0.25, 0.3) is 0 Å². The number of aliphatic carboxylic acids is 1. The Morgan fingerprint density at radius 1 is 1.38 bits per heavy atom. The number of nitrogens with one attached hydrogen (secondary N) is 1. The van der Waals surface area contributed by atoms with Crippen LogP contribution in [0.15, 0.2) is 16.6 Å². The fourth-order valence-electron chi connectivity index (χ4n) is 2.40. The van der Waals surface area contributed by atoms with E-state index in [1.807, 2.05) is 0 Å². The Bertz CT molecular complexity index is 574. The summed E-state index contributed by atoms with van der Waals surface area (Å²) in [5.74, 6) is -1.44. The van der Waals surface area contributed by atoms with Gasteiger partial charge in [-0.1, -0.05) is 39.1 Å². The molecule has 1 fully saturated rings. The highest BCUT2D eigenvalue weighted by atomic mass is 79.9. The van der Waals surface area contributed by atoms with Crippen LogP contribution < -0.4 is 5.32 Å². The monoisotopic (exact) mass is 394 g/mol. The van der Waals surface area contributed by atoms with Gasteiger partial charge >= 0.3 is 12.0 Å². The summed E-state index contributed by atoms with van der Waals surface area (Å²) in [5.41, 5.74) is 0.317. The number of carboxylic acids is 1. The normalized spacial score (nSPS) is 21.4. The van der Waals surface area contributed by atoms with E-state index in [0.29, 0.717) is 33.2 Å². The Labute approximate surface area is 140 Å². The molecule has 1 heterocycles. The molecule has 0 aliphatic carbocycles. The van der Waals surface area contributed by atoms with Gasteiger partial charge in [0.2, 0.25) is 0 Å². The second-order valence-electron chi connectivity index (χ2n) is 4.84. The lowest BCUT2D eigenvalue weighted by Gasteiger charge is -2.24. The number of hydrogen-bond acceptors (Lipinski definition) is 2. The number of carboxylic acid groups (broad SMARTS) is 1. The van der Waals surface area contributed by atoms with Crippen molar-refractivity contribution in [2.45, 2.75) is 19.4 Å². The third-order valence-corrected chi connectivity index (χ3v) is 4.63. The molecule has 2 rings (SSSR count). The number of nitrogens with zero attached hydrogens (tertiary/aromatic N) is 1. The molecule has 5 nitrogen and oxygen atoms in total. The van der Waals surface area contributed by atoms with E-state index in [1.165, 1.54) is 4.90 Å². The van der Waals surface area contributed by atoms with Crippen LogP contribution in [-0.2, 0) is 4.79 Å². The van der Waals surface area contributed by atoms with Gasteiger partial charge in [-0.3, -0.25) is 4.79 Å². The van der Waals surface area contributed by atoms with E-state index < -0.39 is 17.9 Å². The van der Waals surface area contributed by atoms with E-state index in [9.17, 15) is 9.59 Å². The summed E-state index contributed by atoms with van der Waals surface area (Å²) >= 11 is 15.4. The maximum Gasteiger partial charge on any atom is 0.322 e. The molecule has 8 heteroatoms. The number of carbonyl (C=O) groups is 2. The maximum absolute atomic E-state index is 12.3. The minimum absolute atomic E-state index is 0.310. The smallest absolute Gasteiger partial charge is 0.322 e. The average molecular weight is 396 g/mol. The van der Waals surface area contributed by atoms with Crippen molar-refractivity contribution in [1.82, 2.24) is 4.90 Å². The Morgan fingerprint density at radius 3 is 2.43 bits per heavy atom. The zero-order valence-electron chi connectivity index (χ0n) is 11.1. The first kappa shape index (κ1) is 16.4. The van der Waals surface area contributed by atoms with Crippen LogP contribution in [0.3, 0.4) is 0 Å². The van der Waals surface area contributed by atoms with Gasteiger partial charge in [-0.2, -0.15) is 0 Å². The van der Waals surface area contributed by atoms with Gasteiger partial charge < -0.3 is 15.3 Å². The Hall–Kier alpha value is -0.980. The lowest BCUT2D eigenvalue weighted by atomic mass is 10.0. The van der Waals surface area contributed by atoms with Crippen molar-refractivity contribution in [2.24, 2.45) is 5.92 Å². The molecule has 114 valence electrons. The molecule has 2 N–H and O–H groups in total. The number of amides is 2. The SMILES string of the molecule is CC1C(C(=O)O)CCN1C(=O)Nc1c(Cl)cc(Br)cc1Cl. The second kappa shape index (κ2) is 6.42. The van der Waals surface area contributed by atoms with E-state index in [2.05, 4.69) is 21.2 Å². The summed E-state index contributed by atoms with van der Waals surface area (Å²) in [7, 11) is 0. The predicted octanol–water partition coefficient (Wildman–Crippen LogP) is 4.08. The zero-order valence-corrected chi connectivity index (χ0v) is 14.2. The predicted molar refractivity (Wildman–Crippen MR) is 85.1 cm³/mol. The zero-order chi connectivity index (χ0) is 15.7. The number of halogens is 3. The average Bonchev–Trinajstić information content (AvgIpc) is 2.75. The van der Waals surface area contributed by atoms with Crippen molar-refractivity contribution < 1.29 is 14.7 Å². The van der Waals surface area contributed by atoms with Crippen LogP contribution in [0.5, 0.6) is 0 Å². The number of carbonyl (C=O) groups excluding carboxylic acids is 1. The van der Waals surface area contributed by atoms with E-state index >= 15 is 0 Å². The standard InChI is InChI=1S/C13H13BrCl2N2O3/c1-6-8(12(19)20)2-3-18(6)13(21)17-11-9(15)4-7(14)5-10(11)16/h4-6,8H,2-3H2,1H3,(H,17,21)(H,19,20). The van der Waals surface area contributed by atoms with Gasteiger partial charge in [0, 0.05) is 17.1 Å². The molecule has 2 atom stereocenters. The van der Waals surface area contributed by atoms with E-state index in [4.69, 9.17) is 28.3 Å². The Kier molecular flexibility index (Phi) is 5.01. The fraction of sp³-hybridized carbons (Fsp3) is 0.385. The van der Waals surface area contributed by atoms with E-state index in [1.54, 1.807) is 19.1 Å². The van der Waals surface area contributed by atoms with Gasteiger partial charge in [0.1, 0.15) is 0 Å². The lowest BCUT2D eigenvalue weighted by Crippen LogP contribution is -2.40. The first-order chi connectivity index (χ1) is 9.81. The molecule has 0 aromatic heterocycles. The number of likely N-dealkylation sites (tertiary alicyclic amines) is 1. The van der Waals surface area contributed by atoms with Crippen LogP contribution in [0, 0.1) is 5.92 Å². The molecule has 1 aromatic rings. The number of benzene rings is 1. The minimum Gasteiger partial charge on any atom is -0.481 e. The van der Waals surface area contributed by atoms with Crippen molar-refractivity contribution in [3.8, 4) is 0 Å². The summed E-state index contributed by atoms with van der Waals surface area (Å²) in [6.07, 6.45) is 0.436. The fourth-order valence-corrected chi connectivity index (χ4v) is 3.70. The van der Waals surface area contributed by atoms with Crippen LogP contribution in [-0.4, -0.2) is 34.6 Å². The van der Waals surface area contributed by atoms with Gasteiger partial charge in [-0.15, -0.1) is 0 Å². The molecule has 2 unspecified atom stereocenters. The highest BCUT2D eigenvalue weighted by molar-refractivity contribution is 9.10.